The van der Waals surface area contributed by atoms with E-state index in [0.717, 1.165) is 0 Å². The fourth-order valence-electron chi connectivity index (χ4n) is 3.99. The van der Waals surface area contributed by atoms with E-state index in [1.165, 1.54) is 74.6 Å². The average Bonchev–Trinajstić information content (AvgIpc) is 2.75. The molecule has 2 aromatic rings. The lowest BCUT2D eigenvalue weighted by Gasteiger charge is -2.33. The molecule has 0 fully saturated rings. The van der Waals surface area contributed by atoms with Crippen molar-refractivity contribution in [2.24, 2.45) is 0 Å². The highest BCUT2D eigenvalue weighted by Crippen LogP contribution is 2.20. The van der Waals surface area contributed by atoms with Crippen molar-refractivity contribution in [3.05, 3.63) is 60.7 Å². The zero-order valence-electron chi connectivity index (χ0n) is 18.3. The second-order valence-corrected chi connectivity index (χ2v) is 11.7. The average molecular weight is 397 g/mol. The molecular weight excluding hydrogens is 356 g/mol. The van der Waals surface area contributed by atoms with Gasteiger partial charge in [-0.1, -0.05) is 126 Å². The third-order valence-corrected chi connectivity index (χ3v) is 9.49. The van der Waals surface area contributed by atoms with Crippen molar-refractivity contribution in [1.29, 1.82) is 0 Å². The second-order valence-electron chi connectivity index (χ2n) is 8.20. The summed E-state index contributed by atoms with van der Waals surface area (Å²) in [4.78, 5) is 0. The number of hydrogen-bond acceptors (Lipinski definition) is 1. The van der Waals surface area contributed by atoms with E-state index < -0.39 is 8.32 Å². The van der Waals surface area contributed by atoms with Crippen molar-refractivity contribution in [1.82, 2.24) is 0 Å². The van der Waals surface area contributed by atoms with Crippen LogP contribution in [0.25, 0.3) is 0 Å². The van der Waals surface area contributed by atoms with Gasteiger partial charge in [0.2, 0.25) is 0 Å². The molecule has 0 bridgehead atoms. The van der Waals surface area contributed by atoms with Gasteiger partial charge in [0.15, 0.2) is 0 Å². The first-order valence-corrected chi connectivity index (χ1v) is 13.9. The van der Waals surface area contributed by atoms with Gasteiger partial charge in [-0.2, -0.15) is 0 Å². The minimum atomic E-state index is -2.20. The molecule has 2 heteroatoms. The molecule has 1 atom stereocenters. The highest BCUT2D eigenvalue weighted by atomic mass is 28.4. The zero-order chi connectivity index (χ0) is 20.1. The van der Waals surface area contributed by atoms with Crippen molar-refractivity contribution in [2.75, 3.05) is 0 Å². The van der Waals surface area contributed by atoms with Gasteiger partial charge in [-0.25, -0.2) is 0 Å². The lowest BCUT2D eigenvalue weighted by atomic mass is 10.0. The zero-order valence-corrected chi connectivity index (χ0v) is 19.3. The molecule has 0 saturated carbocycles. The smallest absolute Gasteiger partial charge is 0.253 e. The Labute approximate surface area is 174 Å². The summed E-state index contributed by atoms with van der Waals surface area (Å²) in [7, 11) is -2.20. The Balaban J connectivity index is 2.11. The van der Waals surface area contributed by atoms with Crippen molar-refractivity contribution in [2.45, 2.75) is 90.7 Å². The molecule has 0 saturated heterocycles. The maximum atomic E-state index is 7.08. The molecule has 0 aliphatic heterocycles. The second kappa shape index (κ2) is 13.0. The first-order chi connectivity index (χ1) is 13.7. The molecule has 0 amide bonds. The molecule has 1 unspecified atom stereocenters. The van der Waals surface area contributed by atoms with Crippen LogP contribution < -0.4 is 10.4 Å². The fraction of sp³-hybridized carbons (Fsp3) is 0.538. The van der Waals surface area contributed by atoms with E-state index in [1.54, 1.807) is 0 Å². The van der Waals surface area contributed by atoms with E-state index in [9.17, 15) is 0 Å². The number of benzene rings is 2. The minimum absolute atomic E-state index is 0.378. The van der Waals surface area contributed by atoms with Gasteiger partial charge in [0.05, 0.1) is 0 Å². The third-order valence-electron chi connectivity index (χ3n) is 5.81. The first-order valence-electron chi connectivity index (χ1n) is 11.5. The molecule has 0 aliphatic carbocycles. The number of hydrogen-bond donors (Lipinski definition) is 0. The Hall–Kier alpha value is -1.38. The Bertz CT molecular complexity index is 586. The van der Waals surface area contributed by atoms with Crippen LogP contribution in [0.4, 0.5) is 0 Å². The Kier molecular flexibility index (Phi) is 10.6. The fourth-order valence-corrected chi connectivity index (χ4v) is 7.16. The van der Waals surface area contributed by atoms with Crippen LogP contribution in [0.3, 0.4) is 0 Å². The van der Waals surface area contributed by atoms with Crippen molar-refractivity contribution in [3.63, 3.8) is 0 Å². The van der Waals surface area contributed by atoms with Crippen LogP contribution in [0.1, 0.15) is 78.1 Å². The number of rotatable bonds is 14. The van der Waals surface area contributed by atoms with Crippen LogP contribution in [0.2, 0.25) is 6.55 Å². The Morgan fingerprint density at radius 1 is 0.643 bits per heavy atom. The van der Waals surface area contributed by atoms with Crippen LogP contribution >= 0.6 is 0 Å². The van der Waals surface area contributed by atoms with Gasteiger partial charge >= 0.3 is 0 Å². The van der Waals surface area contributed by atoms with Crippen molar-refractivity contribution in [3.8, 4) is 0 Å². The SMILES string of the molecule is CCCCCCCCC(CCCC)O[Si](C)(c1ccccc1)c1ccccc1. The van der Waals surface area contributed by atoms with E-state index in [4.69, 9.17) is 4.43 Å². The molecule has 0 aromatic heterocycles. The highest BCUT2D eigenvalue weighted by molar-refractivity contribution is 6.96. The van der Waals surface area contributed by atoms with Gasteiger partial charge in [0.1, 0.15) is 0 Å². The molecule has 2 rings (SSSR count). The predicted molar refractivity (Wildman–Crippen MR) is 126 cm³/mol. The van der Waals surface area contributed by atoms with Crippen LogP contribution in [0.15, 0.2) is 60.7 Å². The molecule has 154 valence electrons. The van der Waals surface area contributed by atoms with E-state index in [2.05, 4.69) is 81.1 Å². The molecule has 0 aliphatic rings. The summed E-state index contributed by atoms with van der Waals surface area (Å²) in [6.07, 6.45) is 13.4. The third kappa shape index (κ3) is 7.22. The van der Waals surface area contributed by atoms with Gasteiger partial charge in [-0.15, -0.1) is 0 Å². The maximum Gasteiger partial charge on any atom is 0.253 e. The molecular formula is C26H40OSi. The summed E-state index contributed by atoms with van der Waals surface area (Å²) in [6, 6.07) is 21.9. The van der Waals surface area contributed by atoms with E-state index in [0.29, 0.717) is 6.10 Å². The van der Waals surface area contributed by atoms with Gasteiger partial charge in [0.25, 0.3) is 8.32 Å². The standard InChI is InChI=1S/C26H40OSi/c1-4-6-8-9-10-13-19-24(18-7-5-2)27-28(3,25-20-14-11-15-21-25)26-22-16-12-17-23-26/h11-12,14-17,20-24H,4-10,13,18-19H2,1-3H3. The maximum absolute atomic E-state index is 7.08. The van der Waals surface area contributed by atoms with Gasteiger partial charge in [-0.05, 0) is 29.8 Å². The van der Waals surface area contributed by atoms with Crippen LogP contribution in [-0.4, -0.2) is 14.4 Å². The van der Waals surface area contributed by atoms with Crippen LogP contribution in [0, 0.1) is 0 Å². The minimum Gasteiger partial charge on any atom is -0.405 e. The summed E-state index contributed by atoms with van der Waals surface area (Å²) in [6.45, 7) is 6.96. The van der Waals surface area contributed by atoms with Crippen LogP contribution in [-0.2, 0) is 4.43 Å². The van der Waals surface area contributed by atoms with Crippen molar-refractivity contribution >= 4 is 18.7 Å². The molecule has 0 radical (unpaired) electrons. The summed E-state index contributed by atoms with van der Waals surface area (Å²) in [5.74, 6) is 0. The topological polar surface area (TPSA) is 9.23 Å². The van der Waals surface area contributed by atoms with E-state index in [-0.39, 0.29) is 0 Å². The van der Waals surface area contributed by atoms with Crippen molar-refractivity contribution < 1.29 is 4.43 Å². The summed E-state index contributed by atoms with van der Waals surface area (Å²) < 4.78 is 7.08. The largest absolute Gasteiger partial charge is 0.405 e. The monoisotopic (exact) mass is 396 g/mol. The summed E-state index contributed by atoms with van der Waals surface area (Å²) >= 11 is 0. The quantitative estimate of drug-likeness (QED) is 0.255. The predicted octanol–water partition coefficient (Wildman–Crippen LogP) is 6.70. The van der Waals surface area contributed by atoms with Gasteiger partial charge < -0.3 is 4.43 Å². The Morgan fingerprint density at radius 3 is 1.64 bits per heavy atom. The molecule has 0 heterocycles. The molecule has 28 heavy (non-hydrogen) atoms. The molecule has 2 aromatic carbocycles. The highest BCUT2D eigenvalue weighted by Gasteiger charge is 2.36. The van der Waals surface area contributed by atoms with Gasteiger partial charge in [0, 0.05) is 6.10 Å². The van der Waals surface area contributed by atoms with E-state index in [1.807, 2.05) is 0 Å². The normalized spacial score (nSPS) is 12.8. The van der Waals surface area contributed by atoms with E-state index >= 15 is 0 Å². The Morgan fingerprint density at radius 2 is 1.11 bits per heavy atom. The molecule has 0 N–H and O–H groups in total. The van der Waals surface area contributed by atoms with Crippen LogP contribution in [0.5, 0.6) is 0 Å². The summed E-state index contributed by atoms with van der Waals surface area (Å²) in [5.41, 5.74) is 0. The summed E-state index contributed by atoms with van der Waals surface area (Å²) in [5, 5.41) is 2.76. The lowest BCUT2D eigenvalue weighted by Crippen LogP contribution is -2.59. The number of unbranched alkanes of at least 4 members (excludes halogenated alkanes) is 6. The molecule has 0 spiro atoms. The first kappa shape index (κ1) is 22.9. The lowest BCUT2D eigenvalue weighted by molar-refractivity contribution is 0.171. The molecule has 1 nitrogen and oxygen atoms in total. The van der Waals surface area contributed by atoms with Gasteiger partial charge in [-0.3, -0.25) is 0 Å².